The molecule has 1 atom stereocenters. The molecule has 0 amide bonds. The van der Waals surface area contributed by atoms with Crippen LogP contribution in [0.25, 0.3) is 0 Å². The summed E-state index contributed by atoms with van der Waals surface area (Å²) < 4.78 is 15.7. The molecule has 124 valence electrons. The van der Waals surface area contributed by atoms with Gasteiger partial charge in [-0.25, -0.2) is 0 Å². The SMILES string of the molecule is COc1cc(OC)c(OC)c(O)c1CC[C@@H](O)c1ccccc1. The number of hydrogen-bond acceptors (Lipinski definition) is 5. The van der Waals surface area contributed by atoms with Crippen LogP contribution in [-0.4, -0.2) is 31.5 Å². The molecule has 0 heterocycles. The van der Waals surface area contributed by atoms with Gasteiger partial charge in [-0.3, -0.25) is 0 Å². The first-order valence-corrected chi connectivity index (χ1v) is 7.36. The Morgan fingerprint density at radius 1 is 0.957 bits per heavy atom. The third kappa shape index (κ3) is 3.68. The van der Waals surface area contributed by atoms with Gasteiger partial charge in [0.1, 0.15) is 5.75 Å². The fraction of sp³-hybridized carbons (Fsp3) is 0.333. The molecule has 0 aromatic heterocycles. The first kappa shape index (κ1) is 17.0. The van der Waals surface area contributed by atoms with Crippen molar-refractivity contribution >= 4 is 0 Å². The second-order valence-electron chi connectivity index (χ2n) is 5.11. The van der Waals surface area contributed by atoms with E-state index in [0.29, 0.717) is 29.9 Å². The molecule has 0 saturated heterocycles. The van der Waals surface area contributed by atoms with Crippen molar-refractivity contribution in [1.82, 2.24) is 0 Å². The van der Waals surface area contributed by atoms with Crippen LogP contribution in [0.1, 0.15) is 23.7 Å². The Kier molecular flexibility index (Phi) is 5.71. The highest BCUT2D eigenvalue weighted by atomic mass is 16.5. The Morgan fingerprint density at radius 3 is 2.17 bits per heavy atom. The van der Waals surface area contributed by atoms with Gasteiger partial charge in [0.15, 0.2) is 11.5 Å². The molecule has 2 rings (SSSR count). The van der Waals surface area contributed by atoms with Gasteiger partial charge in [-0.05, 0) is 18.4 Å². The highest BCUT2D eigenvalue weighted by Gasteiger charge is 2.20. The van der Waals surface area contributed by atoms with Crippen LogP contribution in [0.2, 0.25) is 0 Å². The monoisotopic (exact) mass is 318 g/mol. The summed E-state index contributed by atoms with van der Waals surface area (Å²) in [6.45, 7) is 0. The van der Waals surface area contributed by atoms with Gasteiger partial charge in [-0.15, -0.1) is 0 Å². The van der Waals surface area contributed by atoms with E-state index in [1.807, 2.05) is 30.3 Å². The summed E-state index contributed by atoms with van der Waals surface area (Å²) in [7, 11) is 4.49. The van der Waals surface area contributed by atoms with E-state index in [1.165, 1.54) is 21.3 Å². The molecule has 5 heteroatoms. The highest BCUT2D eigenvalue weighted by molar-refractivity contribution is 5.61. The molecule has 2 aromatic carbocycles. The normalized spacial score (nSPS) is 11.8. The van der Waals surface area contributed by atoms with Crippen molar-refractivity contribution in [3.8, 4) is 23.0 Å². The first-order valence-electron chi connectivity index (χ1n) is 7.36. The summed E-state index contributed by atoms with van der Waals surface area (Å²) in [5, 5.41) is 20.7. The van der Waals surface area contributed by atoms with Crippen LogP contribution < -0.4 is 14.2 Å². The maximum Gasteiger partial charge on any atom is 0.203 e. The third-order valence-electron chi connectivity index (χ3n) is 3.78. The molecular weight excluding hydrogens is 296 g/mol. The predicted molar refractivity (Wildman–Crippen MR) is 87.5 cm³/mol. The molecule has 2 aromatic rings. The number of ether oxygens (including phenoxy) is 3. The second-order valence-corrected chi connectivity index (χ2v) is 5.11. The number of phenols is 1. The molecule has 5 nitrogen and oxygen atoms in total. The average Bonchev–Trinajstić information content (AvgIpc) is 2.60. The number of hydrogen-bond donors (Lipinski definition) is 2. The molecule has 0 aliphatic carbocycles. The fourth-order valence-electron chi connectivity index (χ4n) is 2.54. The van der Waals surface area contributed by atoms with Gasteiger partial charge in [-0.2, -0.15) is 0 Å². The largest absolute Gasteiger partial charge is 0.504 e. The van der Waals surface area contributed by atoms with E-state index in [2.05, 4.69) is 0 Å². The van der Waals surface area contributed by atoms with E-state index < -0.39 is 6.10 Å². The summed E-state index contributed by atoms with van der Waals surface area (Å²) in [4.78, 5) is 0. The smallest absolute Gasteiger partial charge is 0.203 e. The standard InChI is InChI=1S/C18H22O5/c1-21-15-11-16(22-2)18(23-3)17(20)13(15)9-10-14(19)12-7-5-4-6-8-12/h4-8,11,14,19-20H,9-10H2,1-3H3/t14-/m1/s1. The average molecular weight is 318 g/mol. The van der Waals surface area contributed by atoms with E-state index >= 15 is 0 Å². The van der Waals surface area contributed by atoms with Gasteiger partial charge >= 0.3 is 0 Å². The van der Waals surface area contributed by atoms with Gasteiger partial charge in [0.25, 0.3) is 0 Å². The summed E-state index contributed by atoms with van der Waals surface area (Å²) in [5.41, 5.74) is 1.42. The lowest BCUT2D eigenvalue weighted by molar-refractivity contribution is 0.167. The predicted octanol–water partition coefficient (Wildman–Crippen LogP) is 3.08. The van der Waals surface area contributed by atoms with Crippen LogP contribution in [0.3, 0.4) is 0 Å². The molecule has 0 bridgehead atoms. The van der Waals surface area contributed by atoms with Crippen LogP contribution in [-0.2, 0) is 6.42 Å². The summed E-state index contributed by atoms with van der Waals surface area (Å²) >= 11 is 0. The number of aliphatic hydroxyl groups excluding tert-OH is 1. The van der Waals surface area contributed by atoms with Gasteiger partial charge in [0.05, 0.1) is 27.4 Å². The molecule has 0 saturated carbocycles. The van der Waals surface area contributed by atoms with Crippen molar-refractivity contribution < 1.29 is 24.4 Å². The number of rotatable bonds is 7. The van der Waals surface area contributed by atoms with Crippen molar-refractivity contribution in [2.75, 3.05) is 21.3 Å². The fourth-order valence-corrected chi connectivity index (χ4v) is 2.54. The van der Waals surface area contributed by atoms with Gasteiger partial charge in [0, 0.05) is 11.6 Å². The van der Waals surface area contributed by atoms with Crippen molar-refractivity contribution in [3.63, 3.8) is 0 Å². The second kappa shape index (κ2) is 7.74. The molecule has 2 N–H and O–H groups in total. The van der Waals surface area contributed by atoms with E-state index in [-0.39, 0.29) is 11.5 Å². The zero-order valence-electron chi connectivity index (χ0n) is 13.6. The number of benzene rings is 2. The lowest BCUT2D eigenvalue weighted by atomic mass is 9.99. The summed E-state index contributed by atoms with van der Waals surface area (Å²) in [6.07, 6.45) is 0.267. The molecule has 0 fully saturated rings. The summed E-state index contributed by atoms with van der Waals surface area (Å²) in [6, 6.07) is 11.1. The highest BCUT2D eigenvalue weighted by Crippen LogP contribution is 2.45. The van der Waals surface area contributed by atoms with Crippen LogP contribution in [0.5, 0.6) is 23.0 Å². The number of phenolic OH excluding ortho intramolecular Hbond substituents is 1. The quantitative estimate of drug-likeness (QED) is 0.821. The Morgan fingerprint density at radius 2 is 1.61 bits per heavy atom. The maximum absolute atomic E-state index is 10.4. The number of aliphatic hydroxyl groups is 1. The van der Waals surface area contributed by atoms with E-state index in [9.17, 15) is 10.2 Å². The van der Waals surface area contributed by atoms with Crippen molar-refractivity contribution in [2.45, 2.75) is 18.9 Å². The van der Waals surface area contributed by atoms with Gasteiger partial charge in [0.2, 0.25) is 5.75 Å². The maximum atomic E-state index is 10.4. The lowest BCUT2D eigenvalue weighted by Crippen LogP contribution is -2.03. The van der Waals surface area contributed by atoms with Gasteiger partial charge in [-0.1, -0.05) is 30.3 Å². The van der Waals surface area contributed by atoms with Crippen LogP contribution in [0.15, 0.2) is 36.4 Å². The Balaban J connectivity index is 2.25. The Hall–Kier alpha value is -2.40. The van der Waals surface area contributed by atoms with Crippen LogP contribution in [0.4, 0.5) is 0 Å². The summed E-state index contributed by atoms with van der Waals surface area (Å²) in [5.74, 6) is 1.14. The molecule has 0 aliphatic heterocycles. The number of aromatic hydroxyl groups is 1. The minimum Gasteiger partial charge on any atom is -0.504 e. The zero-order valence-corrected chi connectivity index (χ0v) is 13.6. The van der Waals surface area contributed by atoms with Crippen LogP contribution in [0, 0.1) is 0 Å². The zero-order chi connectivity index (χ0) is 16.8. The topological polar surface area (TPSA) is 68.2 Å². The molecule has 0 aliphatic rings. The molecular formula is C18H22O5. The number of methoxy groups -OCH3 is 3. The molecule has 23 heavy (non-hydrogen) atoms. The van der Waals surface area contributed by atoms with Crippen molar-refractivity contribution in [2.24, 2.45) is 0 Å². The molecule has 0 spiro atoms. The Labute approximate surface area is 136 Å². The van der Waals surface area contributed by atoms with Crippen molar-refractivity contribution in [3.05, 3.63) is 47.5 Å². The van der Waals surface area contributed by atoms with E-state index in [1.54, 1.807) is 6.07 Å². The van der Waals surface area contributed by atoms with Crippen LogP contribution >= 0.6 is 0 Å². The third-order valence-corrected chi connectivity index (χ3v) is 3.78. The minimum atomic E-state index is -0.617. The Bertz CT molecular complexity index is 640. The lowest BCUT2D eigenvalue weighted by Gasteiger charge is -2.18. The molecule has 0 unspecified atom stereocenters. The van der Waals surface area contributed by atoms with E-state index in [0.717, 1.165) is 5.56 Å². The van der Waals surface area contributed by atoms with Gasteiger partial charge < -0.3 is 24.4 Å². The molecule has 0 radical (unpaired) electrons. The first-order chi connectivity index (χ1) is 11.1. The minimum absolute atomic E-state index is 0.0241. The van der Waals surface area contributed by atoms with Crippen molar-refractivity contribution in [1.29, 1.82) is 0 Å². The van der Waals surface area contributed by atoms with E-state index in [4.69, 9.17) is 14.2 Å².